The van der Waals surface area contributed by atoms with Gasteiger partial charge in [0.1, 0.15) is 0 Å². The van der Waals surface area contributed by atoms with E-state index in [1.54, 1.807) is 0 Å². The van der Waals surface area contributed by atoms with E-state index in [2.05, 4.69) is 35.0 Å². The van der Waals surface area contributed by atoms with Crippen LogP contribution in [0.25, 0.3) is 0 Å². The second-order valence-electron chi connectivity index (χ2n) is 6.25. The Morgan fingerprint density at radius 2 is 2.11 bits per heavy atom. The van der Waals surface area contributed by atoms with Crippen LogP contribution in [0.2, 0.25) is 0 Å². The second-order valence-corrected chi connectivity index (χ2v) is 6.25. The van der Waals surface area contributed by atoms with E-state index in [9.17, 15) is 0 Å². The summed E-state index contributed by atoms with van der Waals surface area (Å²) in [6.45, 7) is 5.76. The predicted molar refractivity (Wildman–Crippen MR) is 73.8 cm³/mol. The first-order valence-corrected chi connectivity index (χ1v) is 7.53. The van der Waals surface area contributed by atoms with Crippen LogP contribution in [-0.4, -0.2) is 22.1 Å². The average molecular weight is 247 g/mol. The van der Waals surface area contributed by atoms with E-state index in [0.29, 0.717) is 12.0 Å². The minimum atomic E-state index is 0.569. The van der Waals surface area contributed by atoms with Gasteiger partial charge in [0, 0.05) is 24.3 Å². The fraction of sp³-hybridized carbons (Fsp3) is 0.800. The molecule has 1 saturated carbocycles. The Bertz CT molecular complexity index is 404. The van der Waals surface area contributed by atoms with Crippen LogP contribution in [0.4, 0.5) is 0 Å². The first-order valence-electron chi connectivity index (χ1n) is 7.53. The van der Waals surface area contributed by atoms with Crippen LogP contribution in [0.1, 0.15) is 57.0 Å². The molecule has 0 saturated heterocycles. The molecule has 18 heavy (non-hydrogen) atoms. The molecule has 1 unspecified atom stereocenters. The number of imidazole rings is 1. The molecule has 0 spiro atoms. The summed E-state index contributed by atoms with van der Waals surface area (Å²) < 4.78 is 2.47. The molecule has 0 aromatic carbocycles. The van der Waals surface area contributed by atoms with Crippen molar-refractivity contribution in [2.75, 3.05) is 6.54 Å². The van der Waals surface area contributed by atoms with Gasteiger partial charge in [-0.05, 0) is 44.4 Å². The van der Waals surface area contributed by atoms with Crippen LogP contribution in [0.3, 0.4) is 0 Å². The Balaban J connectivity index is 1.77. The van der Waals surface area contributed by atoms with Crippen molar-refractivity contribution in [1.29, 1.82) is 0 Å². The summed E-state index contributed by atoms with van der Waals surface area (Å²) in [4.78, 5) is 4.64. The first-order chi connectivity index (χ1) is 8.75. The first kappa shape index (κ1) is 12.2. The fourth-order valence-electron chi connectivity index (χ4n) is 3.01. The maximum absolute atomic E-state index is 4.64. The molecule has 3 rings (SSSR count). The van der Waals surface area contributed by atoms with Gasteiger partial charge in [0.2, 0.25) is 0 Å². The molecule has 1 atom stereocenters. The molecule has 100 valence electrons. The standard InChI is InChI=1S/C15H25N3/c1-11(2)15(9-16-12-7-8-12)18-10-17-13-5-3-4-6-14(13)18/h10-12,15-16H,3-9H2,1-2H3. The third-order valence-corrected chi connectivity index (χ3v) is 4.38. The molecule has 0 bridgehead atoms. The van der Waals surface area contributed by atoms with Crippen molar-refractivity contribution in [3.8, 4) is 0 Å². The van der Waals surface area contributed by atoms with E-state index >= 15 is 0 Å². The summed E-state index contributed by atoms with van der Waals surface area (Å²) >= 11 is 0. The van der Waals surface area contributed by atoms with Gasteiger partial charge in [0.15, 0.2) is 0 Å². The summed E-state index contributed by atoms with van der Waals surface area (Å²) in [6.07, 6.45) is 9.89. The van der Waals surface area contributed by atoms with Crippen LogP contribution in [0.15, 0.2) is 6.33 Å². The third kappa shape index (κ3) is 2.46. The summed E-state index contributed by atoms with van der Waals surface area (Å²) in [5.74, 6) is 0.663. The lowest BCUT2D eigenvalue weighted by atomic mass is 9.98. The van der Waals surface area contributed by atoms with Gasteiger partial charge < -0.3 is 9.88 Å². The number of hydrogen-bond acceptors (Lipinski definition) is 2. The van der Waals surface area contributed by atoms with Gasteiger partial charge in [0.05, 0.1) is 12.0 Å². The molecule has 1 aromatic heterocycles. The number of aryl methyl sites for hydroxylation is 1. The maximum atomic E-state index is 4.64. The Hall–Kier alpha value is -0.830. The lowest BCUT2D eigenvalue weighted by Gasteiger charge is -2.26. The number of hydrogen-bond donors (Lipinski definition) is 1. The zero-order valence-electron chi connectivity index (χ0n) is 11.7. The normalized spacial score (nSPS) is 21.1. The summed E-state index contributed by atoms with van der Waals surface area (Å²) in [6, 6.07) is 1.37. The molecule has 1 fully saturated rings. The molecule has 2 aliphatic rings. The zero-order chi connectivity index (χ0) is 12.5. The van der Waals surface area contributed by atoms with Crippen molar-refractivity contribution in [2.45, 2.75) is 64.5 Å². The largest absolute Gasteiger partial charge is 0.330 e. The predicted octanol–water partition coefficient (Wildman–Crippen LogP) is 2.71. The van der Waals surface area contributed by atoms with Crippen molar-refractivity contribution in [1.82, 2.24) is 14.9 Å². The van der Waals surface area contributed by atoms with E-state index < -0.39 is 0 Å². The van der Waals surface area contributed by atoms with E-state index in [4.69, 9.17) is 0 Å². The highest BCUT2D eigenvalue weighted by molar-refractivity contribution is 5.17. The van der Waals surface area contributed by atoms with Gasteiger partial charge in [-0.2, -0.15) is 0 Å². The topological polar surface area (TPSA) is 29.9 Å². The van der Waals surface area contributed by atoms with E-state index in [1.807, 2.05) is 0 Å². The van der Waals surface area contributed by atoms with Crippen molar-refractivity contribution < 1.29 is 0 Å². The van der Waals surface area contributed by atoms with Gasteiger partial charge in [-0.25, -0.2) is 4.98 Å². The van der Waals surface area contributed by atoms with Crippen molar-refractivity contribution in [3.63, 3.8) is 0 Å². The maximum Gasteiger partial charge on any atom is 0.0954 e. The average Bonchev–Trinajstić information content (AvgIpc) is 3.09. The molecule has 1 N–H and O–H groups in total. The van der Waals surface area contributed by atoms with Gasteiger partial charge in [-0.15, -0.1) is 0 Å². The SMILES string of the molecule is CC(C)C(CNC1CC1)n1cnc2c1CCCC2. The summed E-state index contributed by atoms with van der Waals surface area (Å²) in [7, 11) is 0. The third-order valence-electron chi connectivity index (χ3n) is 4.38. The number of aromatic nitrogens is 2. The molecule has 0 radical (unpaired) electrons. The minimum Gasteiger partial charge on any atom is -0.330 e. The quantitative estimate of drug-likeness (QED) is 0.867. The lowest BCUT2D eigenvalue weighted by molar-refractivity contribution is 0.345. The minimum absolute atomic E-state index is 0.569. The van der Waals surface area contributed by atoms with E-state index in [0.717, 1.165) is 12.6 Å². The van der Waals surface area contributed by atoms with Crippen molar-refractivity contribution >= 4 is 0 Å². The van der Waals surface area contributed by atoms with Gasteiger partial charge in [-0.3, -0.25) is 0 Å². The Morgan fingerprint density at radius 1 is 1.33 bits per heavy atom. The van der Waals surface area contributed by atoms with E-state index in [1.165, 1.54) is 49.9 Å². The zero-order valence-corrected chi connectivity index (χ0v) is 11.7. The van der Waals surface area contributed by atoms with E-state index in [-0.39, 0.29) is 0 Å². The molecule has 3 nitrogen and oxygen atoms in total. The molecular formula is C15H25N3. The highest BCUT2D eigenvalue weighted by atomic mass is 15.1. The van der Waals surface area contributed by atoms with Crippen LogP contribution >= 0.6 is 0 Å². The molecule has 3 heteroatoms. The van der Waals surface area contributed by atoms with Crippen LogP contribution in [0.5, 0.6) is 0 Å². The molecule has 0 aliphatic heterocycles. The monoisotopic (exact) mass is 247 g/mol. The van der Waals surface area contributed by atoms with Crippen LogP contribution < -0.4 is 5.32 Å². The lowest BCUT2D eigenvalue weighted by Crippen LogP contribution is -2.31. The fourth-order valence-corrected chi connectivity index (χ4v) is 3.01. The van der Waals surface area contributed by atoms with Gasteiger partial charge in [-0.1, -0.05) is 13.8 Å². The van der Waals surface area contributed by atoms with Crippen molar-refractivity contribution in [2.24, 2.45) is 5.92 Å². The van der Waals surface area contributed by atoms with Gasteiger partial charge >= 0.3 is 0 Å². The molecular weight excluding hydrogens is 222 g/mol. The molecule has 0 amide bonds. The highest BCUT2D eigenvalue weighted by Gasteiger charge is 2.26. The molecule has 1 aromatic rings. The molecule has 2 aliphatic carbocycles. The van der Waals surface area contributed by atoms with Crippen molar-refractivity contribution in [3.05, 3.63) is 17.7 Å². The van der Waals surface area contributed by atoms with Crippen LogP contribution in [0, 0.1) is 5.92 Å². The summed E-state index contributed by atoms with van der Waals surface area (Å²) in [5.41, 5.74) is 2.87. The Labute approximate surface area is 110 Å². The highest BCUT2D eigenvalue weighted by Crippen LogP contribution is 2.27. The number of nitrogens with zero attached hydrogens (tertiary/aromatic N) is 2. The summed E-state index contributed by atoms with van der Waals surface area (Å²) in [5, 5.41) is 3.68. The smallest absolute Gasteiger partial charge is 0.0954 e. The number of rotatable bonds is 5. The number of fused-ring (bicyclic) bond motifs is 1. The number of nitrogens with one attached hydrogen (secondary N) is 1. The molecule has 1 heterocycles. The van der Waals surface area contributed by atoms with Gasteiger partial charge in [0.25, 0.3) is 0 Å². The Morgan fingerprint density at radius 3 is 2.83 bits per heavy atom. The Kier molecular flexibility index (Phi) is 3.42. The second kappa shape index (κ2) is 5.04. The van der Waals surface area contributed by atoms with Crippen LogP contribution in [-0.2, 0) is 12.8 Å².